The normalized spacial score (nSPS) is 21.2. The number of nitrogens with zero attached hydrogens (tertiary/aromatic N) is 1. The molecule has 2 N–H and O–H groups in total. The topological polar surface area (TPSA) is 43.7 Å². The van der Waals surface area contributed by atoms with Crippen molar-refractivity contribution in [2.24, 2.45) is 0 Å². The first-order valence-electron chi connectivity index (χ1n) is 4.70. The second-order valence-electron chi connectivity index (χ2n) is 3.86. The molecule has 0 aromatic heterocycles. The Balaban J connectivity index is 2.51. The van der Waals surface area contributed by atoms with Crippen molar-refractivity contribution in [2.45, 2.75) is 31.7 Å². The summed E-state index contributed by atoms with van der Waals surface area (Å²) >= 11 is 0. The van der Waals surface area contributed by atoms with Crippen LogP contribution in [0.2, 0.25) is 0 Å². The SMILES string of the molecule is CC(CO)(CO)N1CCCCC1. The number of hydrogen-bond donors (Lipinski definition) is 2. The van der Waals surface area contributed by atoms with Gasteiger partial charge < -0.3 is 10.2 Å². The van der Waals surface area contributed by atoms with Crippen LogP contribution in [0.5, 0.6) is 0 Å². The van der Waals surface area contributed by atoms with Crippen LogP contribution in [0, 0.1) is 0 Å². The van der Waals surface area contributed by atoms with E-state index in [9.17, 15) is 0 Å². The highest BCUT2D eigenvalue weighted by atomic mass is 16.3. The summed E-state index contributed by atoms with van der Waals surface area (Å²) in [5, 5.41) is 18.3. The number of aliphatic hydroxyl groups excluding tert-OH is 2. The van der Waals surface area contributed by atoms with Crippen molar-refractivity contribution in [3.05, 3.63) is 0 Å². The standard InChI is InChI=1S/C9H19NO2/c1-9(7-11,8-12)10-5-3-2-4-6-10/h11-12H,2-8H2,1H3. The minimum Gasteiger partial charge on any atom is -0.394 e. The smallest absolute Gasteiger partial charge is 0.0644 e. The van der Waals surface area contributed by atoms with Crippen LogP contribution in [0.1, 0.15) is 26.2 Å². The lowest BCUT2D eigenvalue weighted by Crippen LogP contribution is -2.53. The second kappa shape index (κ2) is 4.21. The molecule has 72 valence electrons. The van der Waals surface area contributed by atoms with Gasteiger partial charge in [-0.2, -0.15) is 0 Å². The monoisotopic (exact) mass is 173 g/mol. The third-order valence-corrected chi connectivity index (χ3v) is 2.80. The molecule has 1 fully saturated rings. The Labute approximate surface area is 74.0 Å². The molecule has 1 saturated heterocycles. The number of piperidine rings is 1. The van der Waals surface area contributed by atoms with Crippen molar-refractivity contribution in [1.29, 1.82) is 0 Å². The van der Waals surface area contributed by atoms with Crippen LogP contribution in [-0.2, 0) is 0 Å². The number of likely N-dealkylation sites (tertiary alicyclic amines) is 1. The molecule has 1 aliphatic heterocycles. The average Bonchev–Trinajstić information content (AvgIpc) is 2.18. The maximum atomic E-state index is 9.14. The predicted molar refractivity (Wildman–Crippen MR) is 48.0 cm³/mol. The highest BCUT2D eigenvalue weighted by Gasteiger charge is 2.30. The quantitative estimate of drug-likeness (QED) is 0.641. The van der Waals surface area contributed by atoms with E-state index in [0.29, 0.717) is 0 Å². The molecule has 0 radical (unpaired) electrons. The Kier molecular flexibility index (Phi) is 3.50. The molecule has 3 heteroatoms. The molecule has 1 rings (SSSR count). The Morgan fingerprint density at radius 1 is 1.08 bits per heavy atom. The molecular weight excluding hydrogens is 154 g/mol. The molecule has 0 unspecified atom stereocenters. The average molecular weight is 173 g/mol. The van der Waals surface area contributed by atoms with Crippen molar-refractivity contribution < 1.29 is 10.2 Å². The van der Waals surface area contributed by atoms with E-state index in [1.165, 1.54) is 19.3 Å². The summed E-state index contributed by atoms with van der Waals surface area (Å²) < 4.78 is 0. The van der Waals surface area contributed by atoms with Crippen LogP contribution in [-0.4, -0.2) is 47.0 Å². The molecule has 0 amide bonds. The molecule has 12 heavy (non-hydrogen) atoms. The molecule has 0 aromatic carbocycles. The van der Waals surface area contributed by atoms with E-state index in [-0.39, 0.29) is 13.2 Å². The number of hydrogen-bond acceptors (Lipinski definition) is 3. The van der Waals surface area contributed by atoms with E-state index in [0.717, 1.165) is 13.1 Å². The fourth-order valence-electron chi connectivity index (χ4n) is 1.68. The van der Waals surface area contributed by atoms with Gasteiger partial charge in [0.1, 0.15) is 0 Å². The molecule has 1 aliphatic rings. The van der Waals surface area contributed by atoms with Gasteiger partial charge in [-0.25, -0.2) is 0 Å². The zero-order valence-corrected chi connectivity index (χ0v) is 7.79. The van der Waals surface area contributed by atoms with Crippen molar-refractivity contribution in [1.82, 2.24) is 4.90 Å². The van der Waals surface area contributed by atoms with E-state index in [2.05, 4.69) is 4.90 Å². The summed E-state index contributed by atoms with van der Waals surface area (Å²) in [4.78, 5) is 2.19. The van der Waals surface area contributed by atoms with E-state index in [1.54, 1.807) is 0 Å². The Morgan fingerprint density at radius 3 is 2.00 bits per heavy atom. The van der Waals surface area contributed by atoms with E-state index in [1.807, 2.05) is 6.92 Å². The molecule has 0 aliphatic carbocycles. The molecule has 0 spiro atoms. The Morgan fingerprint density at radius 2 is 1.58 bits per heavy atom. The third kappa shape index (κ3) is 1.97. The second-order valence-corrected chi connectivity index (χ2v) is 3.86. The molecule has 1 heterocycles. The van der Waals surface area contributed by atoms with Gasteiger partial charge in [0.25, 0.3) is 0 Å². The van der Waals surface area contributed by atoms with Gasteiger partial charge in [0.15, 0.2) is 0 Å². The van der Waals surface area contributed by atoms with Crippen molar-refractivity contribution in [3.8, 4) is 0 Å². The fraction of sp³-hybridized carbons (Fsp3) is 1.00. The first-order valence-corrected chi connectivity index (χ1v) is 4.70. The zero-order chi connectivity index (χ0) is 9.03. The largest absolute Gasteiger partial charge is 0.394 e. The first kappa shape index (κ1) is 9.96. The van der Waals surface area contributed by atoms with Gasteiger partial charge in [0.2, 0.25) is 0 Å². The fourth-order valence-corrected chi connectivity index (χ4v) is 1.68. The molecule has 0 saturated carbocycles. The summed E-state index contributed by atoms with van der Waals surface area (Å²) in [5.41, 5.74) is -0.402. The van der Waals surface area contributed by atoms with Crippen LogP contribution in [0.25, 0.3) is 0 Å². The summed E-state index contributed by atoms with van der Waals surface area (Å²) in [7, 11) is 0. The third-order valence-electron chi connectivity index (χ3n) is 2.80. The van der Waals surface area contributed by atoms with E-state index < -0.39 is 5.54 Å². The number of aliphatic hydroxyl groups is 2. The Hall–Kier alpha value is -0.120. The lowest BCUT2D eigenvalue weighted by molar-refractivity contribution is -0.0107. The minimum absolute atomic E-state index is 0.0451. The Bertz CT molecular complexity index is 128. The van der Waals surface area contributed by atoms with E-state index in [4.69, 9.17) is 10.2 Å². The summed E-state index contributed by atoms with van der Waals surface area (Å²) in [5.74, 6) is 0. The molecule has 3 nitrogen and oxygen atoms in total. The van der Waals surface area contributed by atoms with Crippen molar-refractivity contribution in [3.63, 3.8) is 0 Å². The lowest BCUT2D eigenvalue weighted by Gasteiger charge is -2.40. The molecule has 0 aromatic rings. The van der Waals surface area contributed by atoms with Gasteiger partial charge in [-0.1, -0.05) is 6.42 Å². The van der Waals surface area contributed by atoms with E-state index >= 15 is 0 Å². The van der Waals surface area contributed by atoms with Gasteiger partial charge in [-0.15, -0.1) is 0 Å². The maximum Gasteiger partial charge on any atom is 0.0644 e. The van der Waals surface area contributed by atoms with Gasteiger partial charge in [-0.3, -0.25) is 4.90 Å². The van der Waals surface area contributed by atoms with Crippen LogP contribution in [0.3, 0.4) is 0 Å². The van der Waals surface area contributed by atoms with Crippen LogP contribution >= 0.6 is 0 Å². The summed E-state index contributed by atoms with van der Waals surface area (Å²) in [6.07, 6.45) is 3.66. The first-order chi connectivity index (χ1) is 5.73. The van der Waals surface area contributed by atoms with Gasteiger partial charge >= 0.3 is 0 Å². The van der Waals surface area contributed by atoms with Gasteiger partial charge in [0, 0.05) is 0 Å². The van der Waals surface area contributed by atoms with Crippen LogP contribution in [0.15, 0.2) is 0 Å². The minimum atomic E-state index is -0.402. The molecule has 0 atom stereocenters. The van der Waals surface area contributed by atoms with Crippen LogP contribution in [0.4, 0.5) is 0 Å². The van der Waals surface area contributed by atoms with Gasteiger partial charge in [-0.05, 0) is 32.9 Å². The summed E-state index contributed by atoms with van der Waals surface area (Å²) in [6.45, 7) is 4.03. The van der Waals surface area contributed by atoms with Crippen LogP contribution < -0.4 is 0 Å². The predicted octanol–water partition coefficient (Wildman–Crippen LogP) is 0.216. The van der Waals surface area contributed by atoms with Crippen molar-refractivity contribution >= 4 is 0 Å². The number of rotatable bonds is 3. The zero-order valence-electron chi connectivity index (χ0n) is 7.79. The molecule has 0 bridgehead atoms. The highest BCUT2D eigenvalue weighted by Crippen LogP contribution is 2.19. The molecular formula is C9H19NO2. The summed E-state index contributed by atoms with van der Waals surface area (Å²) in [6, 6.07) is 0. The maximum absolute atomic E-state index is 9.14. The lowest BCUT2D eigenvalue weighted by atomic mass is 9.98. The highest BCUT2D eigenvalue weighted by molar-refractivity contribution is 4.86. The van der Waals surface area contributed by atoms with Crippen molar-refractivity contribution in [2.75, 3.05) is 26.3 Å². The van der Waals surface area contributed by atoms with Gasteiger partial charge in [0.05, 0.1) is 18.8 Å².